The van der Waals surface area contributed by atoms with E-state index < -0.39 is 29.9 Å². The van der Waals surface area contributed by atoms with Gasteiger partial charge in [0.05, 0.1) is 5.92 Å². The average Bonchev–Trinajstić information content (AvgIpc) is 2.60. The van der Waals surface area contributed by atoms with Gasteiger partial charge >= 0.3 is 0 Å². The van der Waals surface area contributed by atoms with E-state index in [4.69, 9.17) is 0 Å². The van der Waals surface area contributed by atoms with Crippen molar-refractivity contribution in [2.75, 3.05) is 0 Å². The molecule has 2 atom stereocenters. The largest absolute Gasteiger partial charge is 0.296 e. The summed E-state index contributed by atoms with van der Waals surface area (Å²) in [5, 5.41) is 3.74. The zero-order valence-electron chi connectivity index (χ0n) is 10.6. The molecule has 0 saturated heterocycles. The minimum atomic E-state index is -3.09. The molecule has 19 heavy (non-hydrogen) atoms. The molecule has 0 aromatic carbocycles. The Bertz CT molecular complexity index is 545. The summed E-state index contributed by atoms with van der Waals surface area (Å²) in [4.78, 5) is 0. The van der Waals surface area contributed by atoms with Crippen molar-refractivity contribution in [3.8, 4) is 0 Å². The first-order valence-electron chi connectivity index (χ1n) is 6.29. The fraction of sp³-hybridized carbons (Fsp3) is 0.615. The second kappa shape index (κ2) is 3.84. The first-order valence-corrected chi connectivity index (χ1v) is 6.29. The van der Waals surface area contributed by atoms with Gasteiger partial charge in [0.2, 0.25) is 0 Å². The minimum Gasteiger partial charge on any atom is -0.262 e. The lowest BCUT2D eigenvalue weighted by atomic mass is 9.81. The fourth-order valence-electron chi connectivity index (χ4n) is 2.93. The number of nitrogens with zero attached hydrogens (tertiary/aromatic N) is 2. The smallest absolute Gasteiger partial charge is 0.262 e. The van der Waals surface area contributed by atoms with Crippen LogP contribution in [0.25, 0.3) is 0 Å². The van der Waals surface area contributed by atoms with Crippen molar-refractivity contribution in [3.05, 3.63) is 29.1 Å². The van der Waals surface area contributed by atoms with Gasteiger partial charge in [0.1, 0.15) is 11.4 Å². The van der Waals surface area contributed by atoms with E-state index in [0.717, 1.165) is 4.68 Å². The summed E-state index contributed by atoms with van der Waals surface area (Å²) in [7, 11) is 0. The van der Waals surface area contributed by atoms with E-state index >= 15 is 0 Å². The molecule has 0 N–H and O–H groups in total. The van der Waals surface area contributed by atoms with Gasteiger partial charge in [-0.05, 0) is 5.92 Å². The van der Waals surface area contributed by atoms with Crippen LogP contribution in [0.3, 0.4) is 0 Å². The lowest BCUT2D eigenvalue weighted by Gasteiger charge is -2.27. The molecule has 2 aliphatic carbocycles. The molecule has 1 aromatic rings. The number of rotatable bonds is 3. The maximum atomic E-state index is 14.3. The van der Waals surface area contributed by atoms with Gasteiger partial charge in [0, 0.05) is 18.0 Å². The van der Waals surface area contributed by atoms with Gasteiger partial charge in [-0.15, -0.1) is 0 Å². The summed E-state index contributed by atoms with van der Waals surface area (Å²) >= 11 is 0. The monoisotopic (exact) mass is 274 g/mol. The predicted octanol–water partition coefficient (Wildman–Crippen LogP) is 3.85. The van der Waals surface area contributed by atoms with E-state index in [2.05, 4.69) is 5.10 Å². The molecule has 1 heterocycles. The average molecular weight is 274 g/mol. The van der Waals surface area contributed by atoms with Gasteiger partial charge in [0.15, 0.2) is 0 Å². The molecule has 0 unspecified atom stereocenters. The van der Waals surface area contributed by atoms with Crippen LogP contribution in [0.4, 0.5) is 17.6 Å². The summed E-state index contributed by atoms with van der Waals surface area (Å²) in [6, 6.07) is 0. The lowest BCUT2D eigenvalue weighted by molar-refractivity contribution is -0.0516. The van der Waals surface area contributed by atoms with Crippen molar-refractivity contribution in [2.45, 2.75) is 38.7 Å². The highest BCUT2D eigenvalue weighted by molar-refractivity contribution is 5.49. The van der Waals surface area contributed by atoms with Crippen molar-refractivity contribution >= 4 is 0 Å². The molecule has 2 aliphatic rings. The Hall–Kier alpha value is -1.33. The molecule has 0 radical (unpaired) electrons. The Kier molecular flexibility index (Phi) is 2.56. The highest BCUT2D eigenvalue weighted by Gasteiger charge is 2.59. The molecule has 1 aromatic heterocycles. The van der Waals surface area contributed by atoms with Crippen LogP contribution in [0.5, 0.6) is 0 Å². The number of fused-ring (bicyclic) bond motifs is 3. The summed E-state index contributed by atoms with van der Waals surface area (Å²) in [6.07, 6.45) is 0.155. The summed E-state index contributed by atoms with van der Waals surface area (Å²) in [5.74, 6) is -4.60. The van der Waals surface area contributed by atoms with E-state index in [1.165, 1.54) is 6.08 Å². The standard InChI is InChI=1S/C13H14F4N2/c1-6(2)5-19-11-9(10(18-19)12(14)15)7-3-4-8(7)13(11,16)17/h3-4,6-8,12H,5H2,1-2H3/t7-,8+/m0/s1. The van der Waals surface area contributed by atoms with Gasteiger partial charge in [-0.3, -0.25) is 4.68 Å². The number of hydrogen-bond donors (Lipinski definition) is 0. The number of aromatic nitrogens is 2. The Morgan fingerprint density at radius 3 is 2.47 bits per heavy atom. The number of allylic oxidation sites excluding steroid dienone is 2. The Morgan fingerprint density at radius 1 is 1.32 bits per heavy atom. The quantitative estimate of drug-likeness (QED) is 0.604. The topological polar surface area (TPSA) is 17.8 Å². The molecule has 0 fully saturated rings. The van der Waals surface area contributed by atoms with Crippen LogP contribution in [0, 0.1) is 11.8 Å². The van der Waals surface area contributed by atoms with Crippen LogP contribution in [0.15, 0.2) is 12.2 Å². The molecular formula is C13H14F4N2. The van der Waals surface area contributed by atoms with Crippen molar-refractivity contribution in [1.82, 2.24) is 9.78 Å². The first kappa shape index (κ1) is 12.7. The van der Waals surface area contributed by atoms with Gasteiger partial charge < -0.3 is 0 Å². The van der Waals surface area contributed by atoms with E-state index in [-0.39, 0.29) is 23.7 Å². The van der Waals surface area contributed by atoms with Crippen molar-refractivity contribution in [3.63, 3.8) is 0 Å². The predicted molar refractivity (Wildman–Crippen MR) is 61.3 cm³/mol. The molecular weight excluding hydrogens is 260 g/mol. The first-order chi connectivity index (χ1) is 8.84. The molecule has 104 valence electrons. The molecule has 0 amide bonds. The Labute approximate surface area is 108 Å². The van der Waals surface area contributed by atoms with Crippen molar-refractivity contribution in [2.24, 2.45) is 11.8 Å². The van der Waals surface area contributed by atoms with E-state index in [1.807, 2.05) is 13.8 Å². The zero-order valence-corrected chi connectivity index (χ0v) is 10.6. The van der Waals surface area contributed by atoms with Gasteiger partial charge in [-0.2, -0.15) is 13.9 Å². The maximum Gasteiger partial charge on any atom is 0.296 e. The second-order valence-corrected chi connectivity index (χ2v) is 5.58. The highest BCUT2D eigenvalue weighted by Crippen LogP contribution is 2.59. The van der Waals surface area contributed by atoms with Gasteiger partial charge in [-0.1, -0.05) is 26.0 Å². The molecule has 3 rings (SSSR count). The van der Waals surface area contributed by atoms with Crippen LogP contribution in [-0.4, -0.2) is 9.78 Å². The van der Waals surface area contributed by atoms with Crippen molar-refractivity contribution in [1.29, 1.82) is 0 Å². The maximum absolute atomic E-state index is 14.3. The van der Waals surface area contributed by atoms with Crippen LogP contribution < -0.4 is 0 Å². The molecule has 0 bridgehead atoms. The molecule has 0 saturated carbocycles. The van der Waals surface area contributed by atoms with Gasteiger partial charge in [0.25, 0.3) is 12.3 Å². The molecule has 0 aliphatic heterocycles. The van der Waals surface area contributed by atoms with Crippen molar-refractivity contribution < 1.29 is 17.6 Å². The van der Waals surface area contributed by atoms with E-state index in [9.17, 15) is 17.6 Å². The Balaban J connectivity index is 2.17. The fourth-order valence-corrected chi connectivity index (χ4v) is 2.93. The third-order valence-corrected chi connectivity index (χ3v) is 3.74. The number of halogens is 4. The van der Waals surface area contributed by atoms with Crippen LogP contribution in [0.2, 0.25) is 0 Å². The van der Waals surface area contributed by atoms with Gasteiger partial charge in [-0.25, -0.2) is 8.78 Å². The second-order valence-electron chi connectivity index (χ2n) is 5.58. The van der Waals surface area contributed by atoms with E-state index in [1.54, 1.807) is 6.08 Å². The van der Waals surface area contributed by atoms with Crippen LogP contribution in [-0.2, 0) is 12.5 Å². The Morgan fingerprint density at radius 2 is 2.00 bits per heavy atom. The summed E-state index contributed by atoms with van der Waals surface area (Å²) < 4.78 is 55.6. The third-order valence-electron chi connectivity index (χ3n) is 3.74. The summed E-state index contributed by atoms with van der Waals surface area (Å²) in [5.41, 5.74) is -0.739. The highest BCUT2D eigenvalue weighted by atomic mass is 19.3. The molecule has 2 nitrogen and oxygen atoms in total. The normalized spacial score (nSPS) is 26.7. The van der Waals surface area contributed by atoms with Crippen LogP contribution in [0.1, 0.15) is 43.1 Å². The van der Waals surface area contributed by atoms with Crippen LogP contribution >= 0.6 is 0 Å². The molecule has 6 heteroatoms. The SMILES string of the molecule is CC(C)Cn1nc(C(F)F)c2c1C(F)(F)[C@@H]1C=C[C@H]21. The third kappa shape index (κ3) is 1.58. The molecule has 0 spiro atoms. The van der Waals surface area contributed by atoms with E-state index in [0.29, 0.717) is 0 Å². The minimum absolute atomic E-state index is 0.0492. The zero-order chi connectivity index (χ0) is 13.9. The number of alkyl halides is 4. The number of hydrogen-bond acceptors (Lipinski definition) is 1. The lowest BCUT2D eigenvalue weighted by Crippen LogP contribution is -2.28. The summed E-state index contributed by atoms with van der Waals surface area (Å²) in [6.45, 7) is 3.91.